The van der Waals surface area contributed by atoms with Crippen molar-refractivity contribution in [2.75, 3.05) is 13.1 Å². The van der Waals surface area contributed by atoms with Gasteiger partial charge in [-0.2, -0.15) is 0 Å². The van der Waals surface area contributed by atoms with Crippen LogP contribution in [0.5, 0.6) is 5.75 Å². The van der Waals surface area contributed by atoms with Crippen LogP contribution in [0.1, 0.15) is 44.0 Å². The Bertz CT molecular complexity index is 585. The Morgan fingerprint density at radius 2 is 1.91 bits per heavy atom. The van der Waals surface area contributed by atoms with E-state index in [1.807, 2.05) is 13.0 Å². The van der Waals surface area contributed by atoms with E-state index >= 15 is 0 Å². The quantitative estimate of drug-likeness (QED) is 0.871. The van der Waals surface area contributed by atoms with Crippen molar-refractivity contribution in [2.45, 2.75) is 39.2 Å². The van der Waals surface area contributed by atoms with Gasteiger partial charge in [-0.3, -0.25) is 9.59 Å². The Kier molecular flexibility index (Phi) is 5.42. The van der Waals surface area contributed by atoms with E-state index in [4.69, 9.17) is 10.5 Å². The summed E-state index contributed by atoms with van der Waals surface area (Å²) in [7, 11) is 0. The van der Waals surface area contributed by atoms with Gasteiger partial charge in [0.25, 0.3) is 0 Å². The lowest BCUT2D eigenvalue weighted by atomic mass is 9.98. The van der Waals surface area contributed by atoms with Crippen LogP contribution in [0, 0.1) is 11.8 Å². The highest BCUT2D eigenvalue weighted by Gasteiger charge is 2.74. The molecule has 1 saturated carbocycles. The Morgan fingerprint density at radius 1 is 1.26 bits per heavy atom. The van der Waals surface area contributed by atoms with Crippen molar-refractivity contribution in [3.63, 3.8) is 0 Å². The highest BCUT2D eigenvalue weighted by molar-refractivity contribution is 6.08. The van der Waals surface area contributed by atoms with E-state index in [9.17, 15) is 9.59 Å². The molecule has 5 nitrogen and oxygen atoms in total. The van der Waals surface area contributed by atoms with Crippen LogP contribution < -0.4 is 15.8 Å². The fourth-order valence-electron chi connectivity index (χ4n) is 3.46. The number of hydrogen-bond donors (Lipinski definition) is 2. The SMILES string of the molecule is CCCC12Oc3ccccc3C(=O)C1C2C(N)=O.CCNCC. The first-order valence-corrected chi connectivity index (χ1v) is 8.35. The minimum Gasteiger partial charge on any atom is -0.485 e. The second kappa shape index (κ2) is 7.13. The van der Waals surface area contributed by atoms with E-state index in [1.54, 1.807) is 18.2 Å². The number of Topliss-reactive ketones (excluding diaryl/α,β-unsaturated/α-hetero) is 1. The molecule has 2 aliphatic rings. The van der Waals surface area contributed by atoms with Crippen LogP contribution in [0.3, 0.4) is 0 Å². The number of hydrogen-bond acceptors (Lipinski definition) is 4. The zero-order valence-electron chi connectivity index (χ0n) is 14.1. The van der Waals surface area contributed by atoms with E-state index in [2.05, 4.69) is 19.2 Å². The number of carbonyl (C=O) groups is 2. The van der Waals surface area contributed by atoms with Gasteiger partial charge in [0, 0.05) is 0 Å². The minimum absolute atomic E-state index is 0.00546. The molecule has 1 aliphatic heterocycles. The van der Waals surface area contributed by atoms with Gasteiger partial charge in [0.1, 0.15) is 11.4 Å². The number of primary amides is 1. The Morgan fingerprint density at radius 3 is 2.43 bits per heavy atom. The van der Waals surface area contributed by atoms with Gasteiger partial charge < -0.3 is 15.8 Å². The molecular formula is C18H26N2O3. The lowest BCUT2D eigenvalue weighted by Gasteiger charge is -2.25. The number of ether oxygens (including phenoxy) is 1. The summed E-state index contributed by atoms with van der Waals surface area (Å²) in [5.41, 5.74) is 5.29. The maximum Gasteiger partial charge on any atom is 0.225 e. The number of carbonyl (C=O) groups excluding carboxylic acids is 2. The Balaban J connectivity index is 0.000000338. The van der Waals surface area contributed by atoms with Gasteiger partial charge in [0.2, 0.25) is 5.91 Å². The van der Waals surface area contributed by atoms with Gasteiger partial charge >= 0.3 is 0 Å². The second-order valence-corrected chi connectivity index (χ2v) is 5.98. The van der Waals surface area contributed by atoms with Crippen LogP contribution in [0.25, 0.3) is 0 Å². The zero-order valence-corrected chi connectivity index (χ0v) is 14.1. The maximum absolute atomic E-state index is 12.4. The fourth-order valence-corrected chi connectivity index (χ4v) is 3.46. The Hall–Kier alpha value is -1.88. The van der Waals surface area contributed by atoms with Gasteiger partial charge in [0.15, 0.2) is 5.78 Å². The van der Waals surface area contributed by atoms with Crippen molar-refractivity contribution in [3.8, 4) is 5.75 Å². The molecule has 0 radical (unpaired) electrons. The summed E-state index contributed by atoms with van der Waals surface area (Å²) < 4.78 is 5.96. The monoisotopic (exact) mass is 318 g/mol. The highest BCUT2D eigenvalue weighted by atomic mass is 16.5. The van der Waals surface area contributed by atoms with Crippen molar-refractivity contribution in [2.24, 2.45) is 17.6 Å². The summed E-state index contributed by atoms with van der Waals surface area (Å²) >= 11 is 0. The molecule has 23 heavy (non-hydrogen) atoms. The van der Waals surface area contributed by atoms with Crippen LogP contribution in [-0.2, 0) is 4.79 Å². The third kappa shape index (κ3) is 3.11. The number of amides is 1. The van der Waals surface area contributed by atoms with E-state index in [1.165, 1.54) is 0 Å². The zero-order chi connectivity index (χ0) is 17.0. The largest absolute Gasteiger partial charge is 0.485 e. The minimum atomic E-state index is -0.675. The predicted octanol–water partition coefficient (Wildman–Crippen LogP) is 2.15. The smallest absolute Gasteiger partial charge is 0.225 e. The number of nitrogens with two attached hydrogens (primary N) is 1. The lowest BCUT2D eigenvalue weighted by Crippen LogP contribution is -2.31. The standard InChI is InChI=1S/C14H15NO3.C4H11N/c1-2-7-14-10(11(14)13(15)17)12(16)8-5-3-4-6-9(8)18-14;1-3-5-4-2/h3-6,10-11H,2,7H2,1H3,(H2,15,17);5H,3-4H2,1-2H3. The predicted molar refractivity (Wildman–Crippen MR) is 89.4 cm³/mol. The average molecular weight is 318 g/mol. The van der Waals surface area contributed by atoms with Crippen LogP contribution in [0.2, 0.25) is 0 Å². The fraction of sp³-hybridized carbons (Fsp3) is 0.556. The molecule has 1 heterocycles. The molecule has 0 bridgehead atoms. The maximum atomic E-state index is 12.4. The molecule has 3 rings (SSSR count). The molecule has 0 saturated heterocycles. The van der Waals surface area contributed by atoms with E-state index < -0.39 is 17.4 Å². The molecule has 1 aromatic rings. The molecule has 126 valence electrons. The number of fused-ring (bicyclic) bond motifs is 2. The first-order chi connectivity index (χ1) is 11.0. The molecule has 3 unspecified atom stereocenters. The van der Waals surface area contributed by atoms with Crippen molar-refractivity contribution in [1.82, 2.24) is 5.32 Å². The number of rotatable bonds is 5. The van der Waals surface area contributed by atoms with E-state index in [-0.39, 0.29) is 11.7 Å². The van der Waals surface area contributed by atoms with Gasteiger partial charge in [-0.25, -0.2) is 0 Å². The van der Waals surface area contributed by atoms with Gasteiger partial charge in [-0.15, -0.1) is 0 Å². The Labute approximate surface area is 137 Å². The topological polar surface area (TPSA) is 81.4 Å². The molecule has 1 fully saturated rings. The number of para-hydroxylation sites is 1. The first-order valence-electron chi connectivity index (χ1n) is 8.35. The molecule has 5 heteroatoms. The average Bonchev–Trinajstić information content (AvgIpc) is 3.18. The number of ketones is 1. The van der Waals surface area contributed by atoms with Crippen LogP contribution in [0.15, 0.2) is 24.3 Å². The summed E-state index contributed by atoms with van der Waals surface area (Å²) in [6, 6.07) is 7.14. The first kappa shape index (κ1) is 17.5. The normalized spacial score (nSPS) is 27.0. The summed E-state index contributed by atoms with van der Waals surface area (Å²) in [6.07, 6.45) is 1.54. The van der Waals surface area contributed by atoms with Crippen molar-refractivity contribution in [3.05, 3.63) is 29.8 Å². The number of nitrogens with one attached hydrogen (secondary N) is 1. The molecular weight excluding hydrogens is 292 g/mol. The third-order valence-corrected chi connectivity index (χ3v) is 4.46. The molecule has 1 amide bonds. The van der Waals surface area contributed by atoms with E-state index in [0.717, 1.165) is 19.5 Å². The summed E-state index contributed by atoms with van der Waals surface area (Å²) in [6.45, 7) is 8.40. The molecule has 3 N–H and O–H groups in total. The van der Waals surface area contributed by atoms with Crippen molar-refractivity contribution in [1.29, 1.82) is 0 Å². The van der Waals surface area contributed by atoms with Crippen molar-refractivity contribution < 1.29 is 14.3 Å². The van der Waals surface area contributed by atoms with Gasteiger partial charge in [-0.1, -0.05) is 39.3 Å². The third-order valence-electron chi connectivity index (χ3n) is 4.46. The number of benzene rings is 1. The highest BCUT2D eigenvalue weighted by Crippen LogP contribution is 2.60. The van der Waals surface area contributed by atoms with Gasteiger partial charge in [-0.05, 0) is 31.6 Å². The van der Waals surface area contributed by atoms with E-state index in [0.29, 0.717) is 17.7 Å². The van der Waals surface area contributed by atoms with Gasteiger partial charge in [0.05, 0.1) is 17.4 Å². The summed E-state index contributed by atoms with van der Waals surface area (Å²) in [5.74, 6) is -0.721. The van der Waals surface area contributed by atoms with Crippen LogP contribution in [0.4, 0.5) is 0 Å². The molecule has 1 aliphatic carbocycles. The van der Waals surface area contributed by atoms with Crippen molar-refractivity contribution >= 4 is 11.7 Å². The lowest BCUT2D eigenvalue weighted by molar-refractivity contribution is -0.120. The van der Waals surface area contributed by atoms with Crippen LogP contribution in [-0.4, -0.2) is 30.4 Å². The second-order valence-electron chi connectivity index (χ2n) is 5.98. The molecule has 1 aromatic carbocycles. The summed E-state index contributed by atoms with van der Waals surface area (Å²) in [4.78, 5) is 23.9. The molecule has 0 spiro atoms. The molecule has 0 aromatic heterocycles. The van der Waals surface area contributed by atoms with Crippen LogP contribution >= 0.6 is 0 Å². The summed E-state index contributed by atoms with van der Waals surface area (Å²) in [5, 5.41) is 3.11. The molecule has 3 atom stereocenters.